The van der Waals surface area contributed by atoms with Crippen molar-refractivity contribution in [1.82, 2.24) is 19.9 Å². The number of aromatic amines is 1. The summed E-state index contributed by atoms with van der Waals surface area (Å²) >= 11 is 5.90. The van der Waals surface area contributed by atoms with Crippen molar-refractivity contribution >= 4 is 28.6 Å². The number of imidazole rings is 1. The predicted octanol–water partition coefficient (Wildman–Crippen LogP) is 2.78. The van der Waals surface area contributed by atoms with Gasteiger partial charge in [-0.15, -0.1) is 0 Å². The Bertz CT molecular complexity index is 541. The second kappa shape index (κ2) is 4.14. The zero-order valence-corrected chi connectivity index (χ0v) is 11.2. The fraction of sp³-hybridized carbons (Fsp3) is 0.545. The third-order valence-electron chi connectivity index (χ3n) is 2.19. The Morgan fingerprint density at radius 1 is 1.24 bits per heavy atom. The van der Waals surface area contributed by atoms with E-state index in [9.17, 15) is 0 Å². The van der Waals surface area contributed by atoms with E-state index in [4.69, 9.17) is 11.6 Å². The zero-order chi connectivity index (χ0) is 12.6. The van der Waals surface area contributed by atoms with Gasteiger partial charge in [-0.1, -0.05) is 6.92 Å². The molecule has 0 aliphatic carbocycles. The quantitative estimate of drug-likeness (QED) is 0.808. The van der Waals surface area contributed by atoms with E-state index in [1.54, 1.807) is 0 Å². The first kappa shape index (κ1) is 12.1. The number of rotatable bonds is 2. The number of hydrogen-bond donors (Lipinski definition) is 2. The van der Waals surface area contributed by atoms with Crippen LogP contribution in [-0.2, 0) is 6.42 Å². The van der Waals surface area contributed by atoms with Crippen molar-refractivity contribution in [2.24, 2.45) is 0 Å². The summed E-state index contributed by atoms with van der Waals surface area (Å²) in [6.45, 7) is 8.20. The van der Waals surface area contributed by atoms with Gasteiger partial charge in [-0.25, -0.2) is 4.98 Å². The lowest BCUT2D eigenvalue weighted by molar-refractivity contribution is 0.631. The molecule has 0 radical (unpaired) electrons. The topological polar surface area (TPSA) is 66.5 Å². The monoisotopic (exact) mass is 253 g/mol. The lowest BCUT2D eigenvalue weighted by Crippen LogP contribution is -2.27. The van der Waals surface area contributed by atoms with Crippen LogP contribution in [0.1, 0.15) is 33.5 Å². The van der Waals surface area contributed by atoms with Crippen LogP contribution in [0.4, 0.5) is 5.82 Å². The van der Waals surface area contributed by atoms with Crippen molar-refractivity contribution in [3.63, 3.8) is 0 Å². The standard InChI is InChI=1S/C11H16ClN5/c1-5-6-13-7-8(14-6)15-10(12)16-9(7)17-11(2,3)4/h5H2,1-4H3,(H2,13,14,15,16,17). The normalized spacial score (nSPS) is 12.1. The molecule has 5 nitrogen and oxygen atoms in total. The van der Waals surface area contributed by atoms with Crippen molar-refractivity contribution in [3.8, 4) is 0 Å². The number of H-pyrrole nitrogens is 1. The highest BCUT2D eigenvalue weighted by Gasteiger charge is 2.16. The highest BCUT2D eigenvalue weighted by molar-refractivity contribution is 6.28. The summed E-state index contributed by atoms with van der Waals surface area (Å²) in [6.07, 6.45) is 0.822. The molecular formula is C11H16ClN5. The third-order valence-corrected chi connectivity index (χ3v) is 2.36. The highest BCUT2D eigenvalue weighted by Crippen LogP contribution is 2.23. The number of halogens is 1. The molecule has 0 aromatic carbocycles. The lowest BCUT2D eigenvalue weighted by atomic mass is 10.1. The van der Waals surface area contributed by atoms with Crippen molar-refractivity contribution in [2.75, 3.05) is 5.32 Å². The fourth-order valence-electron chi connectivity index (χ4n) is 1.53. The Morgan fingerprint density at radius 2 is 1.94 bits per heavy atom. The summed E-state index contributed by atoms with van der Waals surface area (Å²) in [4.78, 5) is 15.9. The Kier molecular flexibility index (Phi) is 2.95. The molecule has 0 saturated heterocycles. The molecule has 0 spiro atoms. The van der Waals surface area contributed by atoms with E-state index in [2.05, 4.69) is 46.0 Å². The second-order valence-corrected chi connectivity index (χ2v) is 5.29. The van der Waals surface area contributed by atoms with Gasteiger partial charge in [0.1, 0.15) is 5.82 Å². The second-order valence-electron chi connectivity index (χ2n) is 4.95. The minimum atomic E-state index is -0.101. The average molecular weight is 254 g/mol. The van der Waals surface area contributed by atoms with Gasteiger partial charge in [0.2, 0.25) is 5.28 Å². The summed E-state index contributed by atoms with van der Waals surface area (Å²) in [5.74, 6) is 1.55. The van der Waals surface area contributed by atoms with Gasteiger partial charge in [-0.3, -0.25) is 0 Å². The smallest absolute Gasteiger partial charge is 0.226 e. The first-order valence-electron chi connectivity index (χ1n) is 5.59. The number of aryl methyl sites for hydroxylation is 1. The molecule has 2 rings (SSSR count). The van der Waals surface area contributed by atoms with Crippen molar-refractivity contribution in [1.29, 1.82) is 0 Å². The molecule has 0 amide bonds. The Morgan fingerprint density at radius 3 is 2.53 bits per heavy atom. The van der Waals surface area contributed by atoms with Gasteiger partial charge in [-0.05, 0) is 32.4 Å². The maximum atomic E-state index is 5.90. The van der Waals surface area contributed by atoms with Crippen LogP contribution < -0.4 is 5.32 Å². The number of nitrogens with one attached hydrogen (secondary N) is 2. The number of aromatic nitrogens is 4. The minimum absolute atomic E-state index is 0.101. The Labute approximate surface area is 105 Å². The number of fused-ring (bicyclic) bond motifs is 1. The molecule has 0 saturated carbocycles. The summed E-state index contributed by atoms with van der Waals surface area (Å²) in [5, 5.41) is 3.50. The fourth-order valence-corrected chi connectivity index (χ4v) is 1.70. The maximum absolute atomic E-state index is 5.90. The summed E-state index contributed by atoms with van der Waals surface area (Å²) in [6, 6.07) is 0. The van der Waals surface area contributed by atoms with Crippen LogP contribution in [0.25, 0.3) is 11.2 Å². The van der Waals surface area contributed by atoms with Crippen LogP contribution in [-0.4, -0.2) is 25.5 Å². The summed E-state index contributed by atoms with van der Waals surface area (Å²) in [5.41, 5.74) is 1.31. The van der Waals surface area contributed by atoms with Gasteiger partial charge in [0.15, 0.2) is 17.0 Å². The number of nitrogens with zero attached hydrogens (tertiary/aromatic N) is 3. The molecule has 2 aromatic heterocycles. The van der Waals surface area contributed by atoms with Crippen molar-refractivity contribution in [3.05, 3.63) is 11.1 Å². The highest BCUT2D eigenvalue weighted by atomic mass is 35.5. The van der Waals surface area contributed by atoms with Crippen LogP contribution in [0.3, 0.4) is 0 Å². The van der Waals surface area contributed by atoms with Gasteiger partial charge in [0.05, 0.1) is 0 Å². The Balaban J connectivity index is 2.56. The first-order chi connectivity index (χ1) is 7.89. The van der Waals surface area contributed by atoms with Crippen LogP contribution in [0, 0.1) is 0 Å². The van der Waals surface area contributed by atoms with Gasteiger partial charge in [-0.2, -0.15) is 9.97 Å². The molecule has 0 atom stereocenters. The van der Waals surface area contributed by atoms with Gasteiger partial charge < -0.3 is 10.3 Å². The molecule has 0 aliphatic rings. The molecule has 0 fully saturated rings. The Hall–Kier alpha value is -1.36. The van der Waals surface area contributed by atoms with Crippen LogP contribution in [0.15, 0.2) is 0 Å². The number of hydrogen-bond acceptors (Lipinski definition) is 4. The molecule has 0 aliphatic heterocycles. The molecule has 0 unspecified atom stereocenters. The minimum Gasteiger partial charge on any atom is -0.363 e. The zero-order valence-electron chi connectivity index (χ0n) is 10.4. The lowest BCUT2D eigenvalue weighted by Gasteiger charge is -2.21. The van der Waals surface area contributed by atoms with Crippen LogP contribution in [0.5, 0.6) is 0 Å². The van der Waals surface area contributed by atoms with E-state index in [0.29, 0.717) is 11.5 Å². The molecule has 17 heavy (non-hydrogen) atoms. The molecule has 2 N–H and O–H groups in total. The molecule has 2 heterocycles. The number of anilines is 1. The van der Waals surface area contributed by atoms with Gasteiger partial charge in [0.25, 0.3) is 0 Å². The SMILES string of the molecule is CCc1nc2c(NC(C)(C)C)nc(Cl)nc2[nH]1. The van der Waals surface area contributed by atoms with E-state index in [0.717, 1.165) is 17.8 Å². The van der Waals surface area contributed by atoms with Crippen LogP contribution in [0.2, 0.25) is 5.28 Å². The molecule has 2 aromatic rings. The molecule has 92 valence electrons. The average Bonchev–Trinajstić information content (AvgIpc) is 2.58. The third kappa shape index (κ3) is 2.66. The summed E-state index contributed by atoms with van der Waals surface area (Å²) in [7, 11) is 0. The molecule has 6 heteroatoms. The van der Waals surface area contributed by atoms with Crippen LogP contribution >= 0.6 is 11.6 Å². The van der Waals surface area contributed by atoms with Gasteiger partial charge in [0, 0.05) is 12.0 Å². The van der Waals surface area contributed by atoms with Gasteiger partial charge >= 0.3 is 0 Å². The van der Waals surface area contributed by atoms with E-state index in [1.807, 2.05) is 6.92 Å². The van der Waals surface area contributed by atoms with E-state index >= 15 is 0 Å². The van der Waals surface area contributed by atoms with E-state index in [-0.39, 0.29) is 10.8 Å². The van der Waals surface area contributed by atoms with E-state index in [1.165, 1.54) is 0 Å². The maximum Gasteiger partial charge on any atom is 0.226 e. The van der Waals surface area contributed by atoms with Crippen molar-refractivity contribution < 1.29 is 0 Å². The largest absolute Gasteiger partial charge is 0.363 e. The molecule has 0 bridgehead atoms. The van der Waals surface area contributed by atoms with Crippen molar-refractivity contribution in [2.45, 2.75) is 39.7 Å². The van der Waals surface area contributed by atoms with E-state index < -0.39 is 0 Å². The summed E-state index contributed by atoms with van der Waals surface area (Å²) < 4.78 is 0. The first-order valence-corrected chi connectivity index (χ1v) is 5.97. The predicted molar refractivity (Wildman–Crippen MR) is 69.4 cm³/mol. The molecular weight excluding hydrogens is 238 g/mol.